The lowest BCUT2D eigenvalue weighted by Gasteiger charge is -2.34. The first-order chi connectivity index (χ1) is 20.1. The SMILES string of the molecule is COCn1nc(N2CCC[C@@H](NC(=O)OC(C)(C)C)C2)c(Cc2ccccc2Cl)c1C(=O)NCC(=O)c1ccccc1. The molecule has 1 aromatic heterocycles. The molecule has 0 aliphatic carbocycles. The Hall–Kier alpha value is -3.89. The van der Waals surface area contributed by atoms with E-state index in [1.54, 1.807) is 30.3 Å². The normalized spacial score (nSPS) is 15.3. The molecule has 2 aromatic carbocycles. The minimum Gasteiger partial charge on any atom is -0.444 e. The second-order valence-corrected chi connectivity index (χ2v) is 11.6. The Kier molecular flexibility index (Phi) is 10.2. The van der Waals surface area contributed by atoms with E-state index in [0.29, 0.717) is 41.5 Å². The van der Waals surface area contributed by atoms with Crippen LogP contribution in [0.5, 0.6) is 0 Å². The van der Waals surface area contributed by atoms with Crippen LogP contribution in [0.15, 0.2) is 54.6 Å². The molecule has 1 fully saturated rings. The van der Waals surface area contributed by atoms with Crippen LogP contribution in [0, 0.1) is 0 Å². The molecule has 11 heteroatoms. The Morgan fingerprint density at radius 1 is 1.07 bits per heavy atom. The number of Topliss-reactive ketones (excluding diaryl/α,β-unsaturated/α-hetero) is 1. The van der Waals surface area contributed by atoms with Crippen molar-refractivity contribution >= 4 is 35.2 Å². The fraction of sp³-hybridized carbons (Fsp3) is 0.419. The smallest absolute Gasteiger partial charge is 0.407 e. The van der Waals surface area contributed by atoms with Crippen molar-refractivity contribution in [1.29, 1.82) is 0 Å². The van der Waals surface area contributed by atoms with E-state index < -0.39 is 17.6 Å². The molecule has 0 radical (unpaired) electrons. The van der Waals surface area contributed by atoms with Crippen LogP contribution < -0.4 is 15.5 Å². The number of benzene rings is 2. The highest BCUT2D eigenvalue weighted by Gasteiger charge is 2.31. The molecule has 2 N–H and O–H groups in total. The monoisotopic (exact) mass is 595 g/mol. The largest absolute Gasteiger partial charge is 0.444 e. The van der Waals surface area contributed by atoms with Crippen molar-refractivity contribution in [3.8, 4) is 0 Å². The fourth-order valence-corrected chi connectivity index (χ4v) is 5.14. The number of ketones is 1. The first kappa shape index (κ1) is 31.1. The third-order valence-electron chi connectivity index (χ3n) is 6.77. The van der Waals surface area contributed by atoms with Gasteiger partial charge in [0.25, 0.3) is 5.91 Å². The van der Waals surface area contributed by atoms with Crippen molar-refractivity contribution in [3.63, 3.8) is 0 Å². The molecule has 1 aliphatic rings. The molecule has 0 saturated carbocycles. The van der Waals surface area contributed by atoms with Gasteiger partial charge in [-0.05, 0) is 45.2 Å². The van der Waals surface area contributed by atoms with Gasteiger partial charge in [0.05, 0.1) is 6.54 Å². The van der Waals surface area contributed by atoms with Gasteiger partial charge in [-0.15, -0.1) is 0 Å². The summed E-state index contributed by atoms with van der Waals surface area (Å²) in [6.07, 6.45) is 1.44. The van der Waals surface area contributed by atoms with Crippen molar-refractivity contribution in [2.75, 3.05) is 31.6 Å². The van der Waals surface area contributed by atoms with Gasteiger partial charge in [-0.3, -0.25) is 9.59 Å². The minimum atomic E-state index is -0.607. The molecule has 0 unspecified atom stereocenters. The lowest BCUT2D eigenvalue weighted by Crippen LogP contribution is -2.49. The number of hydrogen-bond acceptors (Lipinski definition) is 7. The van der Waals surface area contributed by atoms with Crippen LogP contribution in [0.25, 0.3) is 0 Å². The molecule has 3 aromatic rings. The summed E-state index contributed by atoms with van der Waals surface area (Å²) in [6, 6.07) is 16.1. The average Bonchev–Trinajstić information content (AvgIpc) is 3.30. The van der Waals surface area contributed by atoms with Gasteiger partial charge in [0, 0.05) is 48.8 Å². The number of carbonyl (C=O) groups excluding carboxylic acids is 3. The van der Waals surface area contributed by atoms with Crippen molar-refractivity contribution in [3.05, 3.63) is 82.0 Å². The number of amides is 2. The van der Waals surface area contributed by atoms with Crippen LogP contribution in [0.3, 0.4) is 0 Å². The van der Waals surface area contributed by atoms with Crippen LogP contribution in [0.2, 0.25) is 5.02 Å². The Bertz CT molecular complexity index is 1400. The standard InChI is InChI=1S/C31H38ClN5O5/c1-31(2,3)42-30(40)34-23-14-10-16-36(19-23)28-24(17-22-13-8-9-15-25(22)32)27(37(35-28)20-41-4)29(39)33-18-26(38)21-11-6-5-7-12-21/h5-9,11-13,15,23H,10,14,16-20H2,1-4H3,(H,33,39)(H,34,40)/t23-/m1/s1. The molecule has 1 aliphatic heterocycles. The number of ether oxygens (including phenoxy) is 2. The topological polar surface area (TPSA) is 115 Å². The lowest BCUT2D eigenvalue weighted by molar-refractivity contribution is 0.0499. The highest BCUT2D eigenvalue weighted by atomic mass is 35.5. The molecular formula is C31H38ClN5O5. The van der Waals surface area contributed by atoms with Gasteiger partial charge < -0.3 is 25.0 Å². The molecule has 2 amide bonds. The number of halogens is 1. The van der Waals surface area contributed by atoms with E-state index >= 15 is 0 Å². The molecule has 0 spiro atoms. The number of anilines is 1. The van der Waals surface area contributed by atoms with Gasteiger partial charge in [-0.2, -0.15) is 5.10 Å². The summed E-state index contributed by atoms with van der Waals surface area (Å²) < 4.78 is 12.4. The van der Waals surface area contributed by atoms with E-state index in [0.717, 1.165) is 18.4 Å². The highest BCUT2D eigenvalue weighted by Crippen LogP contribution is 2.31. The van der Waals surface area contributed by atoms with Gasteiger partial charge in [-0.25, -0.2) is 9.48 Å². The number of aromatic nitrogens is 2. The number of methoxy groups -OCH3 is 1. The van der Waals surface area contributed by atoms with Crippen molar-refractivity contribution in [2.24, 2.45) is 0 Å². The Balaban J connectivity index is 1.65. The van der Waals surface area contributed by atoms with Crippen LogP contribution in [-0.4, -0.2) is 66.0 Å². The molecule has 224 valence electrons. The predicted octanol–water partition coefficient (Wildman–Crippen LogP) is 4.84. The number of carbonyl (C=O) groups is 3. The van der Waals surface area contributed by atoms with Crippen molar-refractivity contribution in [1.82, 2.24) is 20.4 Å². The zero-order chi connectivity index (χ0) is 30.3. The maximum Gasteiger partial charge on any atom is 0.407 e. The summed E-state index contributed by atoms with van der Waals surface area (Å²) in [7, 11) is 1.53. The molecule has 0 bridgehead atoms. The van der Waals surface area contributed by atoms with Gasteiger partial charge in [0.15, 0.2) is 11.6 Å². The zero-order valence-electron chi connectivity index (χ0n) is 24.5. The summed E-state index contributed by atoms with van der Waals surface area (Å²) >= 11 is 6.54. The average molecular weight is 596 g/mol. The summed E-state index contributed by atoms with van der Waals surface area (Å²) in [5, 5.41) is 11.1. The van der Waals surface area contributed by atoms with E-state index in [2.05, 4.69) is 15.5 Å². The maximum absolute atomic E-state index is 13.7. The van der Waals surface area contributed by atoms with E-state index in [-0.39, 0.29) is 30.8 Å². The van der Waals surface area contributed by atoms with Crippen LogP contribution in [0.4, 0.5) is 10.6 Å². The molecule has 1 atom stereocenters. The molecule has 1 saturated heterocycles. The summed E-state index contributed by atoms with van der Waals surface area (Å²) in [6.45, 7) is 6.48. The Labute approximate surface area is 251 Å². The second-order valence-electron chi connectivity index (χ2n) is 11.2. The van der Waals surface area contributed by atoms with Crippen LogP contribution in [0.1, 0.15) is 65.6 Å². The Morgan fingerprint density at radius 2 is 1.79 bits per heavy atom. The third-order valence-corrected chi connectivity index (χ3v) is 7.14. The van der Waals surface area contributed by atoms with Crippen molar-refractivity contribution in [2.45, 2.75) is 58.4 Å². The van der Waals surface area contributed by atoms with Gasteiger partial charge in [0.2, 0.25) is 0 Å². The van der Waals surface area contributed by atoms with E-state index in [4.69, 9.17) is 26.2 Å². The number of hydrogen-bond donors (Lipinski definition) is 2. The molecule has 4 rings (SSSR count). The first-order valence-electron chi connectivity index (χ1n) is 14.0. The van der Waals surface area contributed by atoms with Crippen LogP contribution >= 0.6 is 11.6 Å². The minimum absolute atomic E-state index is 0.0261. The van der Waals surface area contributed by atoms with E-state index in [1.807, 2.05) is 45.0 Å². The molecule has 42 heavy (non-hydrogen) atoms. The van der Waals surface area contributed by atoms with Gasteiger partial charge in [-0.1, -0.05) is 60.1 Å². The number of alkyl carbamates (subject to hydrolysis) is 1. The van der Waals surface area contributed by atoms with Gasteiger partial charge >= 0.3 is 6.09 Å². The quantitative estimate of drug-likeness (QED) is 0.322. The van der Waals surface area contributed by atoms with E-state index in [1.165, 1.54) is 11.8 Å². The zero-order valence-corrected chi connectivity index (χ0v) is 25.2. The van der Waals surface area contributed by atoms with E-state index in [9.17, 15) is 14.4 Å². The number of nitrogens with zero attached hydrogens (tertiary/aromatic N) is 3. The second kappa shape index (κ2) is 13.8. The fourth-order valence-electron chi connectivity index (χ4n) is 4.94. The van der Waals surface area contributed by atoms with Crippen LogP contribution in [-0.2, 0) is 22.6 Å². The van der Waals surface area contributed by atoms with Crippen molar-refractivity contribution < 1.29 is 23.9 Å². The maximum atomic E-state index is 13.7. The Morgan fingerprint density at radius 3 is 2.48 bits per heavy atom. The van der Waals surface area contributed by atoms with Gasteiger partial charge in [0.1, 0.15) is 18.0 Å². The summed E-state index contributed by atoms with van der Waals surface area (Å²) in [5.74, 6) is -0.0542. The number of rotatable bonds is 10. The molecular weight excluding hydrogens is 558 g/mol. The predicted molar refractivity (Wildman–Crippen MR) is 161 cm³/mol. The lowest BCUT2D eigenvalue weighted by atomic mass is 10.0. The number of piperidine rings is 1. The number of nitrogens with one attached hydrogen (secondary N) is 2. The first-order valence-corrected chi connectivity index (χ1v) is 14.4. The summed E-state index contributed by atoms with van der Waals surface area (Å²) in [5.41, 5.74) is 1.67. The third kappa shape index (κ3) is 8.10. The highest BCUT2D eigenvalue weighted by molar-refractivity contribution is 6.31. The molecule has 2 heterocycles. The molecule has 10 nitrogen and oxygen atoms in total. The summed E-state index contributed by atoms with van der Waals surface area (Å²) in [4.78, 5) is 41.0.